The predicted octanol–water partition coefficient (Wildman–Crippen LogP) is 5.26. The van der Waals surface area contributed by atoms with Gasteiger partial charge in [-0.05, 0) is 48.9 Å². The molecule has 0 saturated carbocycles. The van der Waals surface area contributed by atoms with Crippen LogP contribution in [0.25, 0.3) is 16.9 Å². The highest BCUT2D eigenvalue weighted by Gasteiger charge is 2.38. The van der Waals surface area contributed by atoms with E-state index in [1.54, 1.807) is 30.9 Å². The van der Waals surface area contributed by atoms with Crippen molar-refractivity contribution in [1.29, 1.82) is 0 Å². The number of carbonyl (C=O) groups is 2. The van der Waals surface area contributed by atoms with E-state index in [9.17, 15) is 9.59 Å². The summed E-state index contributed by atoms with van der Waals surface area (Å²) in [5.41, 5.74) is 3.97. The van der Waals surface area contributed by atoms with Gasteiger partial charge in [0.05, 0.1) is 43.7 Å². The van der Waals surface area contributed by atoms with E-state index in [0.29, 0.717) is 35.3 Å². The first-order valence-corrected chi connectivity index (χ1v) is 14.8. The number of hydrogen-bond donors (Lipinski definition) is 1. The van der Waals surface area contributed by atoms with E-state index in [0.717, 1.165) is 28.8 Å². The van der Waals surface area contributed by atoms with Crippen molar-refractivity contribution in [3.63, 3.8) is 0 Å². The lowest BCUT2D eigenvalue weighted by Crippen LogP contribution is -2.42. The van der Waals surface area contributed by atoms with E-state index >= 15 is 0 Å². The Balaban J connectivity index is 1.81. The van der Waals surface area contributed by atoms with E-state index in [1.807, 2.05) is 79.7 Å². The van der Waals surface area contributed by atoms with Gasteiger partial charge in [0.1, 0.15) is 29.6 Å². The highest BCUT2D eigenvalue weighted by atomic mass is 32.2. The lowest BCUT2D eigenvalue weighted by molar-refractivity contribution is -0.122. The Kier molecular flexibility index (Phi) is 9.02. The normalized spacial score (nSPS) is 14.6. The lowest BCUT2D eigenvalue weighted by atomic mass is 9.98. The molecule has 2 heterocycles. The molecular weight excluding hydrogens is 552 g/mol. The minimum Gasteiger partial charge on any atom is -0.497 e. The second-order valence-corrected chi connectivity index (χ2v) is 10.8. The van der Waals surface area contributed by atoms with Crippen molar-refractivity contribution in [3.05, 3.63) is 83.9 Å². The van der Waals surface area contributed by atoms with Crippen molar-refractivity contribution in [2.75, 3.05) is 45.1 Å². The molecule has 0 spiro atoms. The third-order valence-electron chi connectivity index (χ3n) is 7.05. The van der Waals surface area contributed by atoms with Gasteiger partial charge in [-0.15, -0.1) is 11.8 Å². The van der Waals surface area contributed by atoms with Crippen LogP contribution in [-0.2, 0) is 9.59 Å². The van der Waals surface area contributed by atoms with Gasteiger partial charge >= 0.3 is 0 Å². The van der Waals surface area contributed by atoms with E-state index < -0.39 is 0 Å². The topological polar surface area (TPSA) is 94.9 Å². The average molecular weight is 587 g/mol. The maximum atomic E-state index is 13.9. The van der Waals surface area contributed by atoms with Crippen molar-refractivity contribution in [3.8, 4) is 34.2 Å². The van der Waals surface area contributed by atoms with Gasteiger partial charge in [0.25, 0.3) is 0 Å². The number of nitrogens with zero attached hydrogens (tertiary/aromatic N) is 3. The summed E-state index contributed by atoms with van der Waals surface area (Å²) in [5.74, 6) is 2.30. The first-order chi connectivity index (χ1) is 20.5. The van der Waals surface area contributed by atoms with Crippen molar-refractivity contribution < 1.29 is 23.8 Å². The van der Waals surface area contributed by atoms with E-state index in [1.165, 1.54) is 11.8 Å². The average Bonchev–Trinajstić information content (AvgIpc) is 3.36. The van der Waals surface area contributed by atoms with Gasteiger partial charge in [0.15, 0.2) is 0 Å². The van der Waals surface area contributed by atoms with Gasteiger partial charge in [-0.2, -0.15) is 5.10 Å². The smallest absolute Gasteiger partial charge is 0.240 e. The Morgan fingerprint density at radius 2 is 1.69 bits per heavy atom. The van der Waals surface area contributed by atoms with Crippen LogP contribution in [0.5, 0.6) is 17.2 Å². The molecule has 218 valence electrons. The van der Waals surface area contributed by atoms with Crippen molar-refractivity contribution in [1.82, 2.24) is 15.1 Å². The number of aromatic nitrogens is 2. The maximum Gasteiger partial charge on any atom is 0.240 e. The standard InChI is InChI=1S/C32H34N4O5S/c1-5-17-33-27(37)19-35-28(38)20-42-31(25-18-24(40-3)15-16-26(25)41-4)29-30(21-9-7-6-8-10-21)34-36(32(29)35)22-11-13-23(39-2)14-12-22/h6-16,18,31H,5,17,19-20H2,1-4H3,(H,33,37). The minimum atomic E-state index is -0.361. The molecule has 42 heavy (non-hydrogen) atoms. The van der Waals surface area contributed by atoms with Crippen molar-refractivity contribution >= 4 is 29.4 Å². The molecule has 1 N–H and O–H groups in total. The Morgan fingerprint density at radius 3 is 2.36 bits per heavy atom. The second kappa shape index (κ2) is 13.0. The number of amides is 2. The number of ether oxygens (including phenoxy) is 3. The van der Waals surface area contributed by atoms with E-state index in [4.69, 9.17) is 19.3 Å². The summed E-state index contributed by atoms with van der Waals surface area (Å²) in [7, 11) is 4.86. The summed E-state index contributed by atoms with van der Waals surface area (Å²) in [5, 5.41) is 7.68. The lowest BCUT2D eigenvalue weighted by Gasteiger charge is -2.23. The fourth-order valence-corrected chi connectivity index (χ4v) is 6.20. The molecule has 1 atom stereocenters. The molecule has 1 aliphatic heterocycles. The summed E-state index contributed by atoms with van der Waals surface area (Å²) in [6, 6.07) is 23.0. The molecule has 1 unspecified atom stereocenters. The molecule has 3 aromatic carbocycles. The van der Waals surface area contributed by atoms with Crippen LogP contribution in [0.3, 0.4) is 0 Å². The second-order valence-electron chi connectivity index (χ2n) is 9.69. The number of rotatable bonds is 10. The molecule has 1 aromatic heterocycles. The molecule has 0 radical (unpaired) electrons. The van der Waals surface area contributed by atoms with Crippen LogP contribution in [0, 0.1) is 0 Å². The first kappa shape index (κ1) is 29.1. The maximum absolute atomic E-state index is 13.9. The van der Waals surface area contributed by atoms with Crippen LogP contribution >= 0.6 is 11.8 Å². The third kappa shape index (κ3) is 5.80. The summed E-state index contributed by atoms with van der Waals surface area (Å²) >= 11 is 1.48. The number of anilines is 1. The van der Waals surface area contributed by atoms with Crippen LogP contribution < -0.4 is 24.4 Å². The molecule has 2 amide bonds. The summed E-state index contributed by atoms with van der Waals surface area (Å²) in [4.78, 5) is 28.5. The van der Waals surface area contributed by atoms with Crippen LogP contribution in [0.1, 0.15) is 29.7 Å². The highest BCUT2D eigenvalue weighted by molar-refractivity contribution is 8.00. The Labute approximate surface area is 249 Å². The zero-order chi connectivity index (χ0) is 29.6. The quantitative estimate of drug-likeness (QED) is 0.271. The van der Waals surface area contributed by atoms with Gasteiger partial charge in [-0.1, -0.05) is 37.3 Å². The fourth-order valence-electron chi connectivity index (χ4n) is 4.99. The third-order valence-corrected chi connectivity index (χ3v) is 8.28. The zero-order valence-corrected chi connectivity index (χ0v) is 24.9. The van der Waals surface area contributed by atoms with Gasteiger partial charge in [-0.25, -0.2) is 4.68 Å². The number of hydrogen-bond acceptors (Lipinski definition) is 7. The summed E-state index contributed by atoms with van der Waals surface area (Å²) in [6.45, 7) is 2.38. The van der Waals surface area contributed by atoms with Crippen LogP contribution in [0.2, 0.25) is 0 Å². The van der Waals surface area contributed by atoms with Crippen molar-refractivity contribution in [2.45, 2.75) is 18.6 Å². The molecule has 0 bridgehead atoms. The number of benzene rings is 3. The molecule has 0 aliphatic carbocycles. The monoisotopic (exact) mass is 586 g/mol. The SMILES string of the molecule is CCCNC(=O)CN1C(=O)CSC(c2cc(OC)ccc2OC)c2c(-c3ccccc3)nn(-c3ccc(OC)cc3)c21. The van der Waals surface area contributed by atoms with Gasteiger partial charge in [0.2, 0.25) is 11.8 Å². The molecule has 0 saturated heterocycles. The molecule has 5 rings (SSSR count). The fraction of sp³-hybridized carbons (Fsp3) is 0.281. The minimum absolute atomic E-state index is 0.134. The van der Waals surface area contributed by atoms with E-state index in [2.05, 4.69) is 5.32 Å². The number of nitrogens with one attached hydrogen (secondary N) is 1. The van der Waals surface area contributed by atoms with Gasteiger partial charge in [-0.3, -0.25) is 14.5 Å². The van der Waals surface area contributed by atoms with Crippen molar-refractivity contribution in [2.24, 2.45) is 0 Å². The van der Waals surface area contributed by atoms with Crippen LogP contribution in [0.4, 0.5) is 5.82 Å². The summed E-state index contributed by atoms with van der Waals surface area (Å²) < 4.78 is 18.5. The molecule has 4 aromatic rings. The largest absolute Gasteiger partial charge is 0.497 e. The predicted molar refractivity (Wildman–Crippen MR) is 165 cm³/mol. The highest BCUT2D eigenvalue weighted by Crippen LogP contribution is 2.51. The molecular formula is C32H34N4O5S. The van der Waals surface area contributed by atoms with Gasteiger partial charge < -0.3 is 19.5 Å². The number of methoxy groups -OCH3 is 3. The number of thioether (sulfide) groups is 1. The Hall–Kier alpha value is -4.44. The molecule has 10 heteroatoms. The number of fused-ring (bicyclic) bond motifs is 1. The van der Waals surface area contributed by atoms with Crippen LogP contribution in [-0.4, -0.2) is 61.8 Å². The summed E-state index contributed by atoms with van der Waals surface area (Å²) in [6.07, 6.45) is 0.792. The van der Waals surface area contributed by atoms with E-state index in [-0.39, 0.29) is 29.4 Å². The van der Waals surface area contributed by atoms with Gasteiger partial charge in [0, 0.05) is 23.2 Å². The zero-order valence-electron chi connectivity index (χ0n) is 24.1. The van der Waals surface area contributed by atoms with Crippen LogP contribution in [0.15, 0.2) is 72.8 Å². The Morgan fingerprint density at radius 1 is 0.976 bits per heavy atom. The molecule has 9 nitrogen and oxygen atoms in total. The molecule has 0 fully saturated rings. The molecule has 1 aliphatic rings. The number of carbonyl (C=O) groups excluding carboxylic acids is 2. The first-order valence-electron chi connectivity index (χ1n) is 13.7. The Bertz CT molecular complexity index is 1560.